The van der Waals surface area contributed by atoms with Crippen molar-refractivity contribution in [3.8, 4) is 5.69 Å². The number of ether oxygens (including phenoxy) is 1. The second kappa shape index (κ2) is 10.6. The van der Waals surface area contributed by atoms with Gasteiger partial charge in [0.25, 0.3) is 0 Å². The Balaban J connectivity index is 1.26. The quantitative estimate of drug-likeness (QED) is 0.454. The molecule has 1 aliphatic carbocycles. The fourth-order valence-corrected chi connectivity index (χ4v) is 6.86. The Labute approximate surface area is 219 Å². The number of morpholine rings is 1. The number of nitrogens with zero attached hydrogens (tertiary/aromatic N) is 5. The minimum Gasteiger partial charge on any atom is -0.379 e. The molecular weight excluding hydrogens is 490 g/mol. The van der Waals surface area contributed by atoms with Crippen LogP contribution < -0.4 is 4.90 Å². The maximum absolute atomic E-state index is 13.7. The number of hydrogen-bond donors (Lipinski definition) is 0. The molecule has 1 amide bonds. The van der Waals surface area contributed by atoms with Crippen LogP contribution in [0.3, 0.4) is 0 Å². The molecule has 3 aromatic rings. The van der Waals surface area contributed by atoms with E-state index >= 15 is 0 Å². The van der Waals surface area contributed by atoms with Crippen LogP contribution in [-0.4, -0.2) is 68.9 Å². The molecule has 0 unspecified atom stereocenters. The summed E-state index contributed by atoms with van der Waals surface area (Å²) in [7, 11) is 0. The molecule has 0 N–H and O–H groups in total. The highest BCUT2D eigenvalue weighted by Crippen LogP contribution is 2.43. The van der Waals surface area contributed by atoms with Gasteiger partial charge in [-0.25, -0.2) is 0 Å². The first-order chi connectivity index (χ1) is 17.8. The van der Waals surface area contributed by atoms with E-state index in [4.69, 9.17) is 4.74 Å². The zero-order valence-corrected chi connectivity index (χ0v) is 21.4. The second-order valence-corrected chi connectivity index (χ2v) is 11.0. The van der Waals surface area contributed by atoms with E-state index in [0.29, 0.717) is 6.54 Å². The van der Waals surface area contributed by atoms with E-state index in [1.54, 1.807) is 0 Å². The molecule has 2 aromatic carbocycles. The highest BCUT2D eigenvalue weighted by molar-refractivity contribution is 8.00. The molecule has 3 aliphatic rings. The second-order valence-electron chi connectivity index (χ2n) is 8.82. The third-order valence-electron chi connectivity index (χ3n) is 6.52. The van der Waals surface area contributed by atoms with Crippen LogP contribution in [0.4, 0.5) is 5.69 Å². The van der Waals surface area contributed by atoms with Crippen LogP contribution in [0.15, 0.2) is 89.0 Å². The summed E-state index contributed by atoms with van der Waals surface area (Å²) in [5.41, 5.74) is 1.98. The van der Waals surface area contributed by atoms with Gasteiger partial charge in [0, 0.05) is 23.7 Å². The molecular formula is C27H27N5O2S2. The standard InChI is InChI=1S/C27H27N5O2S2/c33-26(32-21-10-4-6-12-23(21)36-24-13-7-5-11-22(24)32)19-35-27-29-28-25(18-30-14-16-34-17-15-30)31(27)20-8-2-1-3-9-20/h1-13,21,23H,14-19H2/t21-,23+/m1/s1. The lowest BCUT2D eigenvalue weighted by Gasteiger charge is -2.40. The summed E-state index contributed by atoms with van der Waals surface area (Å²) in [5.74, 6) is 1.22. The largest absolute Gasteiger partial charge is 0.379 e. The van der Waals surface area contributed by atoms with Crippen LogP contribution in [0.5, 0.6) is 0 Å². The maximum atomic E-state index is 13.7. The number of benzene rings is 2. The van der Waals surface area contributed by atoms with Crippen LogP contribution in [-0.2, 0) is 16.1 Å². The number of hydrogen-bond acceptors (Lipinski definition) is 7. The molecule has 184 valence electrons. The minimum absolute atomic E-state index is 0.00637. The molecule has 0 spiro atoms. The molecule has 0 bridgehead atoms. The third kappa shape index (κ3) is 4.76. The summed E-state index contributed by atoms with van der Waals surface area (Å²) >= 11 is 3.26. The minimum atomic E-state index is 0.00637. The molecule has 36 heavy (non-hydrogen) atoms. The van der Waals surface area contributed by atoms with Gasteiger partial charge in [0.2, 0.25) is 5.91 Å². The number of carbonyl (C=O) groups is 1. The monoisotopic (exact) mass is 517 g/mol. The van der Waals surface area contributed by atoms with Gasteiger partial charge in [0.05, 0.1) is 42.5 Å². The topological polar surface area (TPSA) is 63.5 Å². The summed E-state index contributed by atoms with van der Waals surface area (Å²) < 4.78 is 7.58. The van der Waals surface area contributed by atoms with E-state index in [1.807, 2.05) is 59.1 Å². The number of rotatable bonds is 6. The molecule has 3 heterocycles. The molecule has 2 aliphatic heterocycles. The average molecular weight is 518 g/mol. The van der Waals surface area contributed by atoms with Crippen molar-refractivity contribution in [1.82, 2.24) is 19.7 Å². The van der Waals surface area contributed by atoms with Gasteiger partial charge in [-0.2, -0.15) is 0 Å². The van der Waals surface area contributed by atoms with Gasteiger partial charge >= 0.3 is 0 Å². The van der Waals surface area contributed by atoms with Gasteiger partial charge in [-0.1, -0.05) is 66.4 Å². The number of para-hydroxylation sites is 2. The Morgan fingerprint density at radius 3 is 2.64 bits per heavy atom. The van der Waals surface area contributed by atoms with Crippen molar-refractivity contribution in [3.63, 3.8) is 0 Å². The number of aromatic nitrogens is 3. The summed E-state index contributed by atoms with van der Waals surface area (Å²) in [6.45, 7) is 3.91. The van der Waals surface area contributed by atoms with Crippen molar-refractivity contribution in [2.45, 2.75) is 27.9 Å². The summed E-state index contributed by atoms with van der Waals surface area (Å²) in [4.78, 5) is 19.1. The van der Waals surface area contributed by atoms with Gasteiger partial charge in [-0.3, -0.25) is 14.3 Å². The molecule has 1 aromatic heterocycles. The van der Waals surface area contributed by atoms with Gasteiger partial charge in [-0.05, 0) is 24.3 Å². The van der Waals surface area contributed by atoms with Crippen LogP contribution in [0.25, 0.3) is 5.69 Å². The van der Waals surface area contributed by atoms with Gasteiger partial charge < -0.3 is 9.64 Å². The lowest BCUT2D eigenvalue weighted by molar-refractivity contribution is -0.116. The molecule has 0 saturated carbocycles. The first kappa shape index (κ1) is 23.5. The average Bonchev–Trinajstić information content (AvgIpc) is 3.33. The summed E-state index contributed by atoms with van der Waals surface area (Å²) in [6, 6.07) is 18.3. The SMILES string of the molecule is O=C(CSc1nnc(CN2CCOCC2)n1-c1ccccc1)N1c2ccccc2S[C@H]2C=CC=C[C@H]21. The molecule has 1 fully saturated rings. The number of anilines is 1. The first-order valence-corrected chi connectivity index (χ1v) is 14.0. The lowest BCUT2D eigenvalue weighted by atomic mass is 10.0. The molecule has 2 atom stereocenters. The Bertz CT molecular complexity index is 1290. The number of fused-ring (bicyclic) bond motifs is 2. The van der Waals surface area contributed by atoms with Crippen molar-refractivity contribution in [3.05, 3.63) is 84.7 Å². The van der Waals surface area contributed by atoms with Crippen molar-refractivity contribution >= 4 is 35.1 Å². The molecule has 6 rings (SSSR count). The lowest BCUT2D eigenvalue weighted by Crippen LogP contribution is -2.48. The smallest absolute Gasteiger partial charge is 0.238 e. The predicted octanol–water partition coefficient (Wildman–Crippen LogP) is 4.19. The Morgan fingerprint density at radius 2 is 1.78 bits per heavy atom. The van der Waals surface area contributed by atoms with E-state index in [9.17, 15) is 4.79 Å². The maximum Gasteiger partial charge on any atom is 0.238 e. The van der Waals surface area contributed by atoms with E-state index in [1.165, 1.54) is 11.8 Å². The van der Waals surface area contributed by atoms with E-state index < -0.39 is 0 Å². The van der Waals surface area contributed by atoms with E-state index in [2.05, 4.69) is 56.1 Å². The van der Waals surface area contributed by atoms with Crippen molar-refractivity contribution in [2.24, 2.45) is 0 Å². The van der Waals surface area contributed by atoms with Crippen molar-refractivity contribution < 1.29 is 9.53 Å². The van der Waals surface area contributed by atoms with Gasteiger partial charge in [0.15, 0.2) is 11.0 Å². The number of allylic oxidation sites excluding steroid dienone is 2. The fraction of sp³-hybridized carbons (Fsp3) is 0.296. The zero-order chi connectivity index (χ0) is 24.3. The summed E-state index contributed by atoms with van der Waals surface area (Å²) in [6.07, 6.45) is 8.41. The predicted molar refractivity (Wildman–Crippen MR) is 144 cm³/mol. The van der Waals surface area contributed by atoms with Gasteiger partial charge in [0.1, 0.15) is 0 Å². The highest BCUT2D eigenvalue weighted by Gasteiger charge is 2.36. The van der Waals surface area contributed by atoms with Crippen LogP contribution >= 0.6 is 23.5 Å². The zero-order valence-electron chi connectivity index (χ0n) is 19.8. The van der Waals surface area contributed by atoms with Crippen LogP contribution in [0.1, 0.15) is 5.82 Å². The third-order valence-corrected chi connectivity index (χ3v) is 8.74. The molecule has 1 saturated heterocycles. The fourth-order valence-electron chi connectivity index (χ4n) is 4.77. The first-order valence-electron chi connectivity index (χ1n) is 12.1. The number of amides is 1. The summed E-state index contributed by atoms with van der Waals surface area (Å²) in [5, 5.41) is 10.0. The van der Waals surface area contributed by atoms with E-state index in [-0.39, 0.29) is 23.0 Å². The molecule has 0 radical (unpaired) electrons. The Hall–Kier alpha value is -2.85. The Kier molecular flexibility index (Phi) is 6.96. The van der Waals surface area contributed by atoms with Crippen molar-refractivity contribution in [2.75, 3.05) is 37.0 Å². The van der Waals surface area contributed by atoms with Crippen LogP contribution in [0, 0.1) is 0 Å². The molecule has 9 heteroatoms. The van der Waals surface area contributed by atoms with E-state index in [0.717, 1.165) is 53.6 Å². The van der Waals surface area contributed by atoms with Gasteiger partial charge in [-0.15, -0.1) is 22.0 Å². The molecule has 7 nitrogen and oxygen atoms in total. The Morgan fingerprint density at radius 1 is 1.00 bits per heavy atom. The highest BCUT2D eigenvalue weighted by atomic mass is 32.2. The number of carbonyl (C=O) groups excluding carboxylic acids is 1. The van der Waals surface area contributed by atoms with Crippen molar-refractivity contribution in [1.29, 1.82) is 0 Å². The number of thioether (sulfide) groups is 2. The van der Waals surface area contributed by atoms with Crippen LogP contribution in [0.2, 0.25) is 0 Å². The normalized spacial score (nSPS) is 21.3.